The van der Waals surface area contributed by atoms with E-state index in [0.29, 0.717) is 12.4 Å². The Labute approximate surface area is 73.5 Å². The fourth-order valence-corrected chi connectivity index (χ4v) is 0.510. The lowest BCUT2D eigenvalue weighted by molar-refractivity contribution is 0.198. The van der Waals surface area contributed by atoms with Crippen molar-refractivity contribution in [1.29, 1.82) is 0 Å². The first kappa shape index (κ1) is 13.1. The van der Waals surface area contributed by atoms with E-state index in [4.69, 9.17) is 22.1 Å². The summed E-state index contributed by atoms with van der Waals surface area (Å²) in [5, 5.41) is 0. The molecule has 0 spiro atoms. The summed E-state index contributed by atoms with van der Waals surface area (Å²) >= 11 is 5.06. The van der Waals surface area contributed by atoms with E-state index >= 15 is 0 Å². The number of nitrogens with two attached hydrogens (primary N) is 1. The SMILES string of the molecule is C1CCOC1.Cl.NCCCl. The molecule has 1 fully saturated rings. The number of halogens is 2. The summed E-state index contributed by atoms with van der Waals surface area (Å²) in [6, 6.07) is 0. The van der Waals surface area contributed by atoms with Gasteiger partial charge in [0.15, 0.2) is 0 Å². The van der Waals surface area contributed by atoms with Gasteiger partial charge in [-0.1, -0.05) is 0 Å². The zero-order valence-corrected chi connectivity index (χ0v) is 7.59. The Hall–Kier alpha value is 0.500. The molecule has 1 heterocycles. The van der Waals surface area contributed by atoms with E-state index in [2.05, 4.69) is 0 Å². The van der Waals surface area contributed by atoms with Gasteiger partial charge in [0.25, 0.3) is 0 Å². The quantitative estimate of drug-likeness (QED) is 0.631. The van der Waals surface area contributed by atoms with Crippen molar-refractivity contribution in [2.45, 2.75) is 12.8 Å². The zero-order valence-electron chi connectivity index (χ0n) is 6.01. The molecule has 0 saturated carbocycles. The van der Waals surface area contributed by atoms with Crippen LogP contribution in [0.4, 0.5) is 0 Å². The smallest absolute Gasteiger partial charge is 0.0466 e. The first-order valence-corrected chi connectivity index (χ1v) is 3.79. The van der Waals surface area contributed by atoms with E-state index in [1.54, 1.807) is 0 Å². The van der Waals surface area contributed by atoms with Crippen LogP contribution in [0.1, 0.15) is 12.8 Å². The predicted octanol–water partition coefficient (Wildman–Crippen LogP) is 1.40. The molecule has 0 bridgehead atoms. The first-order chi connectivity index (χ1) is 4.41. The van der Waals surface area contributed by atoms with Gasteiger partial charge in [0.05, 0.1) is 0 Å². The van der Waals surface area contributed by atoms with E-state index in [9.17, 15) is 0 Å². The average molecular weight is 188 g/mol. The van der Waals surface area contributed by atoms with Crippen molar-refractivity contribution in [2.75, 3.05) is 25.6 Å². The third-order valence-electron chi connectivity index (χ3n) is 0.936. The topological polar surface area (TPSA) is 35.2 Å². The van der Waals surface area contributed by atoms with Crippen LogP contribution in [0.3, 0.4) is 0 Å². The van der Waals surface area contributed by atoms with Crippen LogP contribution in [-0.2, 0) is 4.74 Å². The molecule has 0 radical (unpaired) electrons. The van der Waals surface area contributed by atoms with E-state index < -0.39 is 0 Å². The Morgan fingerprint density at radius 3 is 1.80 bits per heavy atom. The van der Waals surface area contributed by atoms with Crippen LogP contribution >= 0.6 is 24.0 Å². The summed E-state index contributed by atoms with van der Waals surface area (Å²) in [6.07, 6.45) is 2.56. The fourth-order valence-electron chi connectivity index (χ4n) is 0.510. The minimum absolute atomic E-state index is 0. The largest absolute Gasteiger partial charge is 0.381 e. The van der Waals surface area contributed by atoms with Crippen molar-refractivity contribution >= 4 is 24.0 Å². The molecule has 1 aliphatic rings. The van der Waals surface area contributed by atoms with Gasteiger partial charge in [-0.3, -0.25) is 0 Å². The number of alkyl halides is 1. The van der Waals surface area contributed by atoms with E-state index in [0.717, 1.165) is 13.2 Å². The van der Waals surface area contributed by atoms with Gasteiger partial charge >= 0.3 is 0 Å². The van der Waals surface area contributed by atoms with Crippen molar-refractivity contribution < 1.29 is 4.74 Å². The molecule has 0 aromatic rings. The van der Waals surface area contributed by atoms with Crippen LogP contribution in [0.25, 0.3) is 0 Å². The zero-order chi connectivity index (χ0) is 6.95. The Morgan fingerprint density at radius 1 is 1.30 bits per heavy atom. The molecule has 64 valence electrons. The Morgan fingerprint density at radius 2 is 1.70 bits per heavy atom. The Bertz CT molecular complexity index is 41.4. The van der Waals surface area contributed by atoms with Crippen molar-refractivity contribution in [3.05, 3.63) is 0 Å². The molecule has 10 heavy (non-hydrogen) atoms. The molecular formula is C6H15Cl2NO. The lowest BCUT2D eigenvalue weighted by atomic mass is 10.4. The van der Waals surface area contributed by atoms with Crippen LogP contribution in [0.15, 0.2) is 0 Å². The molecule has 0 aromatic carbocycles. The third-order valence-corrected chi connectivity index (χ3v) is 1.15. The van der Waals surface area contributed by atoms with Gasteiger partial charge in [-0.05, 0) is 12.8 Å². The molecule has 1 saturated heterocycles. The predicted molar refractivity (Wildman–Crippen MR) is 47.1 cm³/mol. The highest BCUT2D eigenvalue weighted by Crippen LogP contribution is 1.98. The highest BCUT2D eigenvalue weighted by molar-refractivity contribution is 6.18. The van der Waals surface area contributed by atoms with Crippen molar-refractivity contribution in [1.82, 2.24) is 0 Å². The molecule has 0 amide bonds. The number of hydrogen-bond acceptors (Lipinski definition) is 2. The van der Waals surface area contributed by atoms with Crippen molar-refractivity contribution in [3.63, 3.8) is 0 Å². The number of rotatable bonds is 1. The molecular weight excluding hydrogens is 173 g/mol. The lowest BCUT2D eigenvalue weighted by Gasteiger charge is -1.76. The Balaban J connectivity index is 0. The summed E-state index contributed by atoms with van der Waals surface area (Å²) in [6.45, 7) is 2.58. The van der Waals surface area contributed by atoms with Crippen LogP contribution < -0.4 is 5.73 Å². The standard InChI is InChI=1S/C4H8O.C2H6ClN.ClH/c1-2-4-5-3-1;3-1-2-4;/h1-4H2;1-2,4H2;1H. The normalized spacial score (nSPS) is 15.0. The van der Waals surface area contributed by atoms with Gasteiger partial charge in [0, 0.05) is 25.6 Å². The van der Waals surface area contributed by atoms with E-state index in [1.807, 2.05) is 0 Å². The summed E-state index contributed by atoms with van der Waals surface area (Å²) in [4.78, 5) is 0. The van der Waals surface area contributed by atoms with Gasteiger partial charge in [-0.15, -0.1) is 24.0 Å². The Kier molecular flexibility index (Phi) is 16.0. The molecule has 4 heteroatoms. The van der Waals surface area contributed by atoms with Crippen LogP contribution in [-0.4, -0.2) is 25.6 Å². The van der Waals surface area contributed by atoms with E-state index in [-0.39, 0.29) is 12.4 Å². The van der Waals surface area contributed by atoms with Crippen LogP contribution in [0, 0.1) is 0 Å². The fraction of sp³-hybridized carbons (Fsp3) is 1.00. The maximum Gasteiger partial charge on any atom is 0.0466 e. The highest BCUT2D eigenvalue weighted by atomic mass is 35.5. The molecule has 0 aromatic heterocycles. The highest BCUT2D eigenvalue weighted by Gasteiger charge is 1.94. The average Bonchev–Trinajstić information content (AvgIpc) is 2.43. The summed E-state index contributed by atoms with van der Waals surface area (Å²) in [5.41, 5.74) is 4.90. The molecule has 2 N–H and O–H groups in total. The van der Waals surface area contributed by atoms with Crippen molar-refractivity contribution in [3.8, 4) is 0 Å². The second-order valence-corrected chi connectivity index (χ2v) is 2.18. The molecule has 0 atom stereocenters. The minimum atomic E-state index is 0. The van der Waals surface area contributed by atoms with Gasteiger partial charge < -0.3 is 10.5 Å². The monoisotopic (exact) mass is 187 g/mol. The van der Waals surface area contributed by atoms with Crippen molar-refractivity contribution in [2.24, 2.45) is 5.73 Å². The van der Waals surface area contributed by atoms with Gasteiger partial charge in [-0.2, -0.15) is 0 Å². The van der Waals surface area contributed by atoms with Gasteiger partial charge in [-0.25, -0.2) is 0 Å². The maximum atomic E-state index is 5.06. The van der Waals surface area contributed by atoms with Crippen LogP contribution in [0.2, 0.25) is 0 Å². The number of hydrogen-bond donors (Lipinski definition) is 1. The minimum Gasteiger partial charge on any atom is -0.381 e. The van der Waals surface area contributed by atoms with Gasteiger partial charge in [0.2, 0.25) is 0 Å². The van der Waals surface area contributed by atoms with E-state index in [1.165, 1.54) is 12.8 Å². The van der Waals surface area contributed by atoms with Crippen LogP contribution in [0.5, 0.6) is 0 Å². The van der Waals surface area contributed by atoms with Gasteiger partial charge in [0.1, 0.15) is 0 Å². The second-order valence-electron chi connectivity index (χ2n) is 1.80. The molecule has 2 nitrogen and oxygen atoms in total. The lowest BCUT2D eigenvalue weighted by Crippen LogP contribution is -1.97. The molecule has 1 rings (SSSR count). The number of ether oxygens (including phenoxy) is 1. The maximum absolute atomic E-state index is 5.06. The molecule has 0 unspecified atom stereocenters. The molecule has 0 aliphatic carbocycles. The first-order valence-electron chi connectivity index (χ1n) is 3.25. The second kappa shape index (κ2) is 12.2. The third kappa shape index (κ3) is 11.3. The molecule has 1 aliphatic heterocycles. The summed E-state index contributed by atoms with van der Waals surface area (Å²) in [5.74, 6) is 0.569. The summed E-state index contributed by atoms with van der Waals surface area (Å²) < 4.78 is 4.94. The summed E-state index contributed by atoms with van der Waals surface area (Å²) in [7, 11) is 0.